The molecule has 12 heavy (non-hydrogen) atoms. The van der Waals surface area contributed by atoms with Crippen LogP contribution in [0.5, 0.6) is 0 Å². The lowest BCUT2D eigenvalue weighted by atomic mass is 10.1. The molecular formula is C9H11Br2N. The summed E-state index contributed by atoms with van der Waals surface area (Å²) in [6.07, 6.45) is 0.961. The molecule has 1 atom stereocenters. The largest absolute Gasteiger partial charge is 0.324 e. The summed E-state index contributed by atoms with van der Waals surface area (Å²) in [5, 5.41) is 0. The van der Waals surface area contributed by atoms with E-state index in [-0.39, 0.29) is 6.04 Å². The molecule has 0 saturated carbocycles. The Morgan fingerprint density at radius 1 is 1.25 bits per heavy atom. The van der Waals surface area contributed by atoms with Crippen molar-refractivity contribution in [2.75, 3.05) is 0 Å². The number of benzene rings is 1. The van der Waals surface area contributed by atoms with Gasteiger partial charge in [-0.15, -0.1) is 0 Å². The van der Waals surface area contributed by atoms with Crippen molar-refractivity contribution >= 4 is 31.9 Å². The average molecular weight is 293 g/mol. The summed E-state index contributed by atoms with van der Waals surface area (Å²) < 4.78 is 2.13. The molecule has 66 valence electrons. The van der Waals surface area contributed by atoms with Crippen LogP contribution in [0.2, 0.25) is 0 Å². The van der Waals surface area contributed by atoms with Crippen molar-refractivity contribution in [2.45, 2.75) is 19.4 Å². The van der Waals surface area contributed by atoms with Gasteiger partial charge in [0, 0.05) is 15.0 Å². The first-order valence-corrected chi connectivity index (χ1v) is 5.43. The van der Waals surface area contributed by atoms with Crippen molar-refractivity contribution in [3.8, 4) is 0 Å². The summed E-state index contributed by atoms with van der Waals surface area (Å²) in [6.45, 7) is 2.08. The Kier molecular flexibility index (Phi) is 3.75. The van der Waals surface area contributed by atoms with Crippen LogP contribution in [0.15, 0.2) is 27.1 Å². The molecule has 0 unspecified atom stereocenters. The van der Waals surface area contributed by atoms with Crippen molar-refractivity contribution in [1.82, 2.24) is 0 Å². The maximum Gasteiger partial charge on any atom is 0.0292 e. The molecule has 0 radical (unpaired) electrons. The molecule has 3 heteroatoms. The monoisotopic (exact) mass is 291 g/mol. The van der Waals surface area contributed by atoms with Gasteiger partial charge in [-0.05, 0) is 30.2 Å². The van der Waals surface area contributed by atoms with E-state index in [0.29, 0.717) is 0 Å². The third-order valence-corrected chi connectivity index (χ3v) is 2.67. The molecule has 1 nitrogen and oxygen atoms in total. The van der Waals surface area contributed by atoms with E-state index < -0.39 is 0 Å². The van der Waals surface area contributed by atoms with Gasteiger partial charge in [-0.2, -0.15) is 0 Å². The van der Waals surface area contributed by atoms with Gasteiger partial charge in [-0.25, -0.2) is 0 Å². The molecule has 0 aliphatic rings. The van der Waals surface area contributed by atoms with E-state index in [0.717, 1.165) is 15.4 Å². The number of halogens is 2. The number of hydrogen-bond acceptors (Lipinski definition) is 1. The Hall–Kier alpha value is 0.140. The van der Waals surface area contributed by atoms with Gasteiger partial charge < -0.3 is 5.73 Å². The first kappa shape index (κ1) is 10.2. The summed E-state index contributed by atoms with van der Waals surface area (Å²) in [5.74, 6) is 0. The average Bonchev–Trinajstić information content (AvgIpc) is 2.01. The lowest BCUT2D eigenvalue weighted by Gasteiger charge is -2.09. The minimum absolute atomic E-state index is 0.138. The smallest absolute Gasteiger partial charge is 0.0292 e. The normalized spacial score (nSPS) is 13.0. The molecule has 2 N–H and O–H groups in total. The Labute approximate surface area is 89.6 Å². The van der Waals surface area contributed by atoms with Gasteiger partial charge in [0.25, 0.3) is 0 Å². The van der Waals surface area contributed by atoms with Crippen molar-refractivity contribution in [2.24, 2.45) is 5.73 Å². The second-order valence-electron chi connectivity index (χ2n) is 2.72. The lowest BCUT2D eigenvalue weighted by molar-refractivity contribution is 0.698. The zero-order valence-electron chi connectivity index (χ0n) is 6.85. The highest BCUT2D eigenvalue weighted by molar-refractivity contribution is 9.11. The second-order valence-corrected chi connectivity index (χ2v) is 4.55. The summed E-state index contributed by atoms with van der Waals surface area (Å²) >= 11 is 6.85. The highest BCUT2D eigenvalue weighted by atomic mass is 79.9. The molecule has 0 saturated heterocycles. The predicted molar refractivity (Wildman–Crippen MR) is 59.1 cm³/mol. The van der Waals surface area contributed by atoms with Crippen LogP contribution in [0.4, 0.5) is 0 Å². The highest BCUT2D eigenvalue weighted by Crippen LogP contribution is 2.24. The van der Waals surface area contributed by atoms with Gasteiger partial charge in [-0.1, -0.05) is 38.8 Å². The predicted octanol–water partition coefficient (Wildman–Crippen LogP) is 3.62. The third kappa shape index (κ3) is 2.57. The summed E-state index contributed by atoms with van der Waals surface area (Å²) in [5.41, 5.74) is 7.06. The van der Waals surface area contributed by atoms with Gasteiger partial charge in [0.05, 0.1) is 0 Å². The number of rotatable bonds is 2. The quantitative estimate of drug-likeness (QED) is 0.885. The molecule has 0 aromatic heterocycles. The highest BCUT2D eigenvalue weighted by Gasteiger charge is 2.04. The molecule has 0 fully saturated rings. The Morgan fingerprint density at radius 2 is 1.75 bits per heavy atom. The van der Waals surface area contributed by atoms with Crippen molar-refractivity contribution < 1.29 is 0 Å². The van der Waals surface area contributed by atoms with Crippen molar-refractivity contribution in [3.05, 3.63) is 32.7 Å². The van der Waals surface area contributed by atoms with Crippen LogP contribution in [-0.2, 0) is 0 Å². The molecule has 0 aliphatic heterocycles. The fourth-order valence-electron chi connectivity index (χ4n) is 1.02. The molecule has 1 aromatic rings. The maximum atomic E-state index is 5.89. The second kappa shape index (κ2) is 4.40. The van der Waals surface area contributed by atoms with Crippen LogP contribution in [0.1, 0.15) is 24.9 Å². The lowest BCUT2D eigenvalue weighted by Crippen LogP contribution is -2.08. The molecule has 0 bridgehead atoms. The Bertz CT molecular complexity index is 253. The molecule has 0 spiro atoms. The van der Waals surface area contributed by atoms with E-state index in [9.17, 15) is 0 Å². The SMILES string of the molecule is CC[C@H](N)c1cc(Br)cc(Br)c1. The minimum Gasteiger partial charge on any atom is -0.324 e. The van der Waals surface area contributed by atoms with Gasteiger partial charge in [0.15, 0.2) is 0 Å². The van der Waals surface area contributed by atoms with Gasteiger partial charge in [0.2, 0.25) is 0 Å². The van der Waals surface area contributed by atoms with Gasteiger partial charge in [0.1, 0.15) is 0 Å². The van der Waals surface area contributed by atoms with Crippen LogP contribution in [-0.4, -0.2) is 0 Å². The van der Waals surface area contributed by atoms with Crippen LogP contribution in [0, 0.1) is 0 Å². The van der Waals surface area contributed by atoms with E-state index in [4.69, 9.17) is 5.73 Å². The first-order chi connectivity index (χ1) is 5.63. The molecule has 0 aliphatic carbocycles. The van der Waals surface area contributed by atoms with Crippen LogP contribution >= 0.6 is 31.9 Å². The Balaban J connectivity index is 3.00. The van der Waals surface area contributed by atoms with Crippen molar-refractivity contribution in [1.29, 1.82) is 0 Å². The van der Waals surface area contributed by atoms with Gasteiger partial charge in [-0.3, -0.25) is 0 Å². The molecule has 1 aromatic carbocycles. The third-order valence-electron chi connectivity index (χ3n) is 1.75. The first-order valence-electron chi connectivity index (χ1n) is 3.85. The van der Waals surface area contributed by atoms with E-state index in [1.54, 1.807) is 0 Å². The zero-order valence-corrected chi connectivity index (χ0v) is 10.0. The minimum atomic E-state index is 0.138. The maximum absolute atomic E-state index is 5.89. The fraction of sp³-hybridized carbons (Fsp3) is 0.333. The van der Waals surface area contributed by atoms with E-state index in [1.807, 2.05) is 6.07 Å². The number of nitrogens with two attached hydrogens (primary N) is 1. The molecular weight excluding hydrogens is 282 g/mol. The van der Waals surface area contributed by atoms with Gasteiger partial charge >= 0.3 is 0 Å². The van der Waals surface area contributed by atoms with Crippen LogP contribution in [0.25, 0.3) is 0 Å². The van der Waals surface area contributed by atoms with E-state index in [1.165, 1.54) is 5.56 Å². The topological polar surface area (TPSA) is 26.0 Å². The number of hydrogen-bond donors (Lipinski definition) is 1. The van der Waals surface area contributed by atoms with Crippen molar-refractivity contribution in [3.63, 3.8) is 0 Å². The molecule has 0 amide bonds. The Morgan fingerprint density at radius 3 is 2.17 bits per heavy atom. The van der Waals surface area contributed by atoms with Crippen LogP contribution in [0.3, 0.4) is 0 Å². The van der Waals surface area contributed by atoms with Crippen LogP contribution < -0.4 is 5.73 Å². The van der Waals surface area contributed by atoms with E-state index in [2.05, 4.69) is 50.9 Å². The van der Waals surface area contributed by atoms with E-state index >= 15 is 0 Å². The molecule has 0 heterocycles. The summed E-state index contributed by atoms with van der Waals surface area (Å²) in [7, 11) is 0. The summed E-state index contributed by atoms with van der Waals surface area (Å²) in [4.78, 5) is 0. The zero-order chi connectivity index (χ0) is 9.14. The standard InChI is InChI=1S/C9H11Br2N/c1-2-9(12)6-3-7(10)5-8(11)4-6/h3-5,9H,2,12H2,1H3/t9-/m0/s1. The molecule has 1 rings (SSSR count). The summed E-state index contributed by atoms with van der Waals surface area (Å²) in [6, 6.07) is 6.25. The fourth-order valence-corrected chi connectivity index (χ4v) is 2.35.